The summed E-state index contributed by atoms with van der Waals surface area (Å²) < 4.78 is 15.7. The van der Waals surface area contributed by atoms with Crippen LogP contribution < -0.4 is 5.73 Å². The van der Waals surface area contributed by atoms with Crippen LogP contribution in [0.3, 0.4) is 0 Å². The molecule has 3 aromatic rings. The Morgan fingerprint density at radius 2 is 2.00 bits per heavy atom. The molecule has 2 atom stereocenters. The van der Waals surface area contributed by atoms with E-state index in [4.69, 9.17) is 5.73 Å². The quantitative estimate of drug-likeness (QED) is 0.361. The molecule has 28 heavy (non-hydrogen) atoms. The van der Waals surface area contributed by atoms with Crippen LogP contribution in [0.2, 0.25) is 0 Å². The van der Waals surface area contributed by atoms with Crippen molar-refractivity contribution < 1.29 is 14.6 Å². The number of nitrogens with zero attached hydrogens (tertiary/aromatic N) is 2. The van der Waals surface area contributed by atoms with Gasteiger partial charge in [-0.2, -0.15) is 0 Å². The van der Waals surface area contributed by atoms with E-state index in [1.807, 2.05) is 0 Å². The molecule has 7 heteroatoms. The number of benzene rings is 2. The first-order valence-electron chi connectivity index (χ1n) is 8.58. The summed E-state index contributed by atoms with van der Waals surface area (Å²) in [6.45, 7) is 1.30. The molecule has 0 aliphatic carbocycles. The van der Waals surface area contributed by atoms with Crippen molar-refractivity contribution in [2.24, 2.45) is 0 Å². The van der Waals surface area contributed by atoms with Gasteiger partial charge in [-0.1, -0.05) is 24.0 Å². The first-order chi connectivity index (χ1) is 13.3. The summed E-state index contributed by atoms with van der Waals surface area (Å²) in [5.41, 5.74) is 7.85. The van der Waals surface area contributed by atoms with Crippen molar-refractivity contribution >= 4 is 15.9 Å². The molecule has 141 valence electrons. The fraction of sp³-hybridized carbons (Fsp3) is 0.190. The highest BCUT2D eigenvalue weighted by Gasteiger charge is 2.24. The largest absolute Gasteiger partial charge is 0.399 e. The smallest absolute Gasteiger partial charge is 0.137 e. The third-order valence-electron chi connectivity index (χ3n) is 4.18. The van der Waals surface area contributed by atoms with E-state index in [0.29, 0.717) is 28.2 Å². The highest BCUT2D eigenvalue weighted by molar-refractivity contribution is 6.13. The van der Waals surface area contributed by atoms with E-state index in [1.165, 1.54) is 12.3 Å². The van der Waals surface area contributed by atoms with Crippen LogP contribution in [0.5, 0.6) is 0 Å². The Balaban J connectivity index is 1.85. The zero-order chi connectivity index (χ0) is 20.3. The number of imidazole rings is 1. The second-order valence-corrected chi connectivity index (χ2v) is 7.49. The fourth-order valence-electron chi connectivity index (χ4n) is 2.81. The van der Waals surface area contributed by atoms with Gasteiger partial charge in [0.25, 0.3) is 0 Å². The molecule has 0 aliphatic heterocycles. The molecule has 0 aliphatic rings. The van der Waals surface area contributed by atoms with E-state index in [-0.39, 0.29) is 12.4 Å². The van der Waals surface area contributed by atoms with Gasteiger partial charge in [-0.25, -0.2) is 9.37 Å². The SMILES string of the molecule is C[C@](O)([Si])c1nccn1[C@@H](C#Cc1ccc(-c2ccc(N)cc2F)cc1)CO. The molecule has 0 unspecified atom stereocenters. The standard InChI is InChI=1S/C21H19FN3O2Si/c1-21(27,28)20-24-10-11-25(20)17(13-26)8-4-14-2-5-15(6-3-14)18-9-7-16(23)12-19(18)22/h2-3,5-7,9-12,17,26-27H,13,23H2,1H3/t17-,21-/m0/s1. The second kappa shape index (κ2) is 7.98. The lowest BCUT2D eigenvalue weighted by Crippen LogP contribution is -2.28. The van der Waals surface area contributed by atoms with E-state index in [2.05, 4.69) is 27.1 Å². The van der Waals surface area contributed by atoms with Gasteiger partial charge in [-0.3, -0.25) is 0 Å². The molecule has 4 N–H and O–H groups in total. The van der Waals surface area contributed by atoms with Crippen molar-refractivity contribution in [3.63, 3.8) is 0 Å². The zero-order valence-electron chi connectivity index (χ0n) is 15.2. The molecule has 5 nitrogen and oxygen atoms in total. The lowest BCUT2D eigenvalue weighted by Gasteiger charge is -2.21. The van der Waals surface area contributed by atoms with Crippen molar-refractivity contribution in [2.45, 2.75) is 18.2 Å². The number of aliphatic hydroxyl groups excluding tert-OH is 1. The minimum absolute atomic E-state index is 0.243. The van der Waals surface area contributed by atoms with Crippen LogP contribution in [0.15, 0.2) is 54.9 Å². The summed E-state index contributed by atoms with van der Waals surface area (Å²) >= 11 is 0. The van der Waals surface area contributed by atoms with Gasteiger partial charge in [-0.15, -0.1) is 0 Å². The monoisotopic (exact) mass is 392 g/mol. The minimum Gasteiger partial charge on any atom is -0.399 e. The van der Waals surface area contributed by atoms with Gasteiger partial charge < -0.3 is 20.5 Å². The summed E-state index contributed by atoms with van der Waals surface area (Å²) in [6, 6.07) is 11.1. The molecule has 0 saturated carbocycles. The van der Waals surface area contributed by atoms with Crippen molar-refractivity contribution in [1.82, 2.24) is 9.55 Å². The Morgan fingerprint density at radius 1 is 1.29 bits per heavy atom. The molecule has 2 aromatic carbocycles. The van der Waals surface area contributed by atoms with Crippen molar-refractivity contribution in [3.8, 4) is 23.0 Å². The Bertz CT molecular complexity index is 1030. The number of hydrogen-bond donors (Lipinski definition) is 3. The Kier molecular flexibility index (Phi) is 5.65. The summed E-state index contributed by atoms with van der Waals surface area (Å²) in [6.07, 6.45) is 3.18. The molecule has 3 radical (unpaired) electrons. The molecular weight excluding hydrogens is 373 g/mol. The van der Waals surface area contributed by atoms with Gasteiger partial charge >= 0.3 is 0 Å². The Labute approximate surface area is 166 Å². The van der Waals surface area contributed by atoms with Gasteiger partial charge in [0, 0.05) is 29.2 Å². The predicted octanol–water partition coefficient (Wildman–Crippen LogP) is 2.19. The number of anilines is 1. The summed E-state index contributed by atoms with van der Waals surface area (Å²) in [4.78, 5) is 4.11. The van der Waals surface area contributed by atoms with Gasteiger partial charge in [0.05, 0.1) is 16.8 Å². The zero-order valence-corrected chi connectivity index (χ0v) is 16.2. The molecule has 0 amide bonds. The molecular formula is C21H19FN3O2Si. The maximum atomic E-state index is 14.1. The lowest BCUT2D eigenvalue weighted by molar-refractivity contribution is 0.130. The van der Waals surface area contributed by atoms with E-state index in [0.717, 1.165) is 0 Å². The molecule has 1 heterocycles. The van der Waals surface area contributed by atoms with E-state index in [1.54, 1.807) is 54.1 Å². The highest BCUT2D eigenvalue weighted by atomic mass is 28.1. The van der Waals surface area contributed by atoms with Crippen molar-refractivity contribution in [1.29, 1.82) is 0 Å². The van der Waals surface area contributed by atoms with E-state index in [9.17, 15) is 14.6 Å². The number of hydrogen-bond acceptors (Lipinski definition) is 4. The van der Waals surface area contributed by atoms with Crippen molar-refractivity contribution in [3.05, 3.63) is 72.1 Å². The van der Waals surface area contributed by atoms with Crippen LogP contribution in [-0.2, 0) is 5.22 Å². The average Bonchev–Trinajstić information content (AvgIpc) is 3.13. The Morgan fingerprint density at radius 3 is 2.61 bits per heavy atom. The van der Waals surface area contributed by atoms with Crippen LogP contribution in [0.25, 0.3) is 11.1 Å². The average molecular weight is 392 g/mol. The second-order valence-electron chi connectivity index (χ2n) is 6.51. The maximum absolute atomic E-state index is 14.1. The van der Waals surface area contributed by atoms with Crippen LogP contribution in [0, 0.1) is 17.7 Å². The van der Waals surface area contributed by atoms with E-state index < -0.39 is 11.3 Å². The van der Waals surface area contributed by atoms with Crippen LogP contribution in [0.4, 0.5) is 10.1 Å². The van der Waals surface area contributed by atoms with Gasteiger partial charge in [-0.05, 0) is 42.8 Å². The van der Waals surface area contributed by atoms with E-state index >= 15 is 0 Å². The molecule has 1 aromatic heterocycles. The maximum Gasteiger partial charge on any atom is 0.137 e. The minimum atomic E-state index is -1.34. The summed E-state index contributed by atoms with van der Waals surface area (Å²) in [5.74, 6) is 5.93. The number of rotatable bonds is 4. The molecule has 0 spiro atoms. The van der Waals surface area contributed by atoms with Crippen LogP contribution in [-0.4, -0.2) is 36.6 Å². The van der Waals surface area contributed by atoms with Gasteiger partial charge in [0.1, 0.15) is 22.9 Å². The normalized spacial score (nSPS) is 14.0. The molecule has 3 rings (SSSR count). The third-order valence-corrected chi connectivity index (χ3v) is 4.41. The van der Waals surface area contributed by atoms with Crippen LogP contribution >= 0.6 is 0 Å². The Hall–Kier alpha value is -2.92. The molecule has 0 bridgehead atoms. The van der Waals surface area contributed by atoms with Crippen LogP contribution in [0.1, 0.15) is 24.4 Å². The first kappa shape index (κ1) is 19.8. The molecule has 0 saturated heterocycles. The molecule has 0 fully saturated rings. The number of nitrogens with two attached hydrogens (primary N) is 1. The third kappa shape index (κ3) is 4.31. The first-order valence-corrected chi connectivity index (χ1v) is 9.08. The van der Waals surface area contributed by atoms with Gasteiger partial charge in [0.2, 0.25) is 0 Å². The summed E-state index contributed by atoms with van der Waals surface area (Å²) in [7, 11) is 3.21. The number of aliphatic hydroxyl groups is 2. The number of aromatic nitrogens is 2. The lowest BCUT2D eigenvalue weighted by atomic mass is 10.0. The topological polar surface area (TPSA) is 84.3 Å². The summed E-state index contributed by atoms with van der Waals surface area (Å²) in [5, 5.41) is 18.5. The fourth-order valence-corrected chi connectivity index (χ4v) is 3.00. The number of nitrogen functional groups attached to an aromatic ring is 1. The van der Waals surface area contributed by atoms with Crippen molar-refractivity contribution in [2.75, 3.05) is 12.3 Å². The van der Waals surface area contributed by atoms with Gasteiger partial charge in [0.15, 0.2) is 0 Å². The predicted molar refractivity (Wildman–Crippen MR) is 107 cm³/mol. The highest BCUT2D eigenvalue weighted by Crippen LogP contribution is 2.25. The number of halogens is 1.